The largest absolute Gasteiger partial charge is 0.543 e. The molecule has 0 unspecified atom stereocenters. The molecule has 1 heterocycles. The van der Waals surface area contributed by atoms with Crippen LogP contribution in [0.1, 0.15) is 41.1 Å². The SMILES string of the molecule is CC(C)(C)OC(=O)c1nc(C(=O)[O-])c(N)s1. The van der Waals surface area contributed by atoms with Gasteiger partial charge in [-0.25, -0.2) is 9.78 Å². The lowest BCUT2D eigenvalue weighted by Crippen LogP contribution is -2.25. The van der Waals surface area contributed by atoms with E-state index in [1.807, 2.05) is 0 Å². The Morgan fingerprint density at radius 2 is 2.00 bits per heavy atom. The van der Waals surface area contributed by atoms with Crippen LogP contribution in [0, 0.1) is 0 Å². The van der Waals surface area contributed by atoms with Gasteiger partial charge in [0.25, 0.3) is 0 Å². The maximum atomic E-state index is 11.5. The van der Waals surface area contributed by atoms with Gasteiger partial charge in [-0.2, -0.15) is 0 Å². The number of carboxylic acid groups (broad SMARTS) is 1. The van der Waals surface area contributed by atoms with Gasteiger partial charge in [0, 0.05) is 0 Å². The van der Waals surface area contributed by atoms with E-state index in [1.165, 1.54) is 0 Å². The fraction of sp³-hybridized carbons (Fsp3) is 0.444. The van der Waals surface area contributed by atoms with Gasteiger partial charge in [0.05, 0.1) is 5.97 Å². The van der Waals surface area contributed by atoms with Crippen molar-refractivity contribution in [3.8, 4) is 0 Å². The van der Waals surface area contributed by atoms with Crippen LogP contribution >= 0.6 is 11.3 Å². The van der Waals surface area contributed by atoms with E-state index < -0.39 is 23.2 Å². The number of carboxylic acids is 1. The summed E-state index contributed by atoms with van der Waals surface area (Å²) >= 11 is 0.763. The van der Waals surface area contributed by atoms with Crippen LogP contribution in [0.15, 0.2) is 0 Å². The van der Waals surface area contributed by atoms with E-state index in [2.05, 4.69) is 4.98 Å². The Kier molecular flexibility index (Phi) is 3.18. The van der Waals surface area contributed by atoms with Gasteiger partial charge in [-0.05, 0) is 20.8 Å². The molecule has 0 aliphatic rings. The van der Waals surface area contributed by atoms with Crippen LogP contribution in [-0.4, -0.2) is 22.5 Å². The molecule has 0 amide bonds. The Balaban J connectivity index is 2.94. The molecule has 0 saturated heterocycles. The zero-order valence-electron chi connectivity index (χ0n) is 9.07. The first kappa shape index (κ1) is 12.4. The van der Waals surface area contributed by atoms with Gasteiger partial charge in [0.1, 0.15) is 16.3 Å². The minimum Gasteiger partial charge on any atom is -0.543 e. The van der Waals surface area contributed by atoms with Gasteiger partial charge in [0.2, 0.25) is 5.01 Å². The predicted octanol–water partition coefficient (Wildman–Crippen LogP) is 0.0441. The van der Waals surface area contributed by atoms with Crippen LogP contribution in [0.2, 0.25) is 0 Å². The molecule has 0 saturated carbocycles. The van der Waals surface area contributed by atoms with E-state index in [0.717, 1.165) is 11.3 Å². The van der Waals surface area contributed by atoms with E-state index in [4.69, 9.17) is 10.5 Å². The Morgan fingerprint density at radius 3 is 2.38 bits per heavy atom. The summed E-state index contributed by atoms with van der Waals surface area (Å²) in [6.45, 7) is 5.09. The van der Waals surface area contributed by atoms with Crippen LogP contribution in [0.25, 0.3) is 0 Å². The number of anilines is 1. The third-order valence-corrected chi connectivity index (χ3v) is 2.28. The highest BCUT2D eigenvalue weighted by molar-refractivity contribution is 7.17. The topological polar surface area (TPSA) is 105 Å². The van der Waals surface area contributed by atoms with Gasteiger partial charge in [0.15, 0.2) is 0 Å². The number of rotatable bonds is 2. The summed E-state index contributed by atoms with van der Waals surface area (Å²) in [6, 6.07) is 0. The fourth-order valence-corrected chi connectivity index (χ4v) is 1.58. The summed E-state index contributed by atoms with van der Waals surface area (Å²) in [5.74, 6) is -2.21. The second kappa shape index (κ2) is 4.09. The fourth-order valence-electron chi connectivity index (χ4n) is 0.887. The minimum atomic E-state index is -1.51. The number of nitrogens with zero attached hydrogens (tertiary/aromatic N) is 1. The van der Waals surface area contributed by atoms with Crippen molar-refractivity contribution in [2.45, 2.75) is 26.4 Å². The molecule has 2 N–H and O–H groups in total. The van der Waals surface area contributed by atoms with E-state index in [1.54, 1.807) is 20.8 Å². The number of ether oxygens (including phenoxy) is 1. The Hall–Kier alpha value is -1.63. The lowest BCUT2D eigenvalue weighted by atomic mass is 10.2. The van der Waals surface area contributed by atoms with Crippen LogP contribution in [0.3, 0.4) is 0 Å². The first-order chi connectivity index (χ1) is 7.20. The van der Waals surface area contributed by atoms with Gasteiger partial charge in [-0.1, -0.05) is 11.3 Å². The van der Waals surface area contributed by atoms with Crippen molar-refractivity contribution in [2.24, 2.45) is 0 Å². The number of hydrogen-bond donors (Lipinski definition) is 1. The zero-order chi connectivity index (χ0) is 12.5. The van der Waals surface area contributed by atoms with Gasteiger partial charge >= 0.3 is 5.97 Å². The molecule has 1 aromatic heterocycles. The van der Waals surface area contributed by atoms with E-state index in [0.29, 0.717) is 0 Å². The molecule has 6 nitrogen and oxygen atoms in total. The summed E-state index contributed by atoms with van der Waals surface area (Å²) in [5.41, 5.74) is 4.28. The highest BCUT2D eigenvalue weighted by atomic mass is 32.1. The number of carbonyl (C=O) groups is 2. The summed E-state index contributed by atoms with van der Waals surface area (Å²) < 4.78 is 5.01. The number of carbonyl (C=O) groups excluding carboxylic acids is 2. The monoisotopic (exact) mass is 243 g/mol. The summed E-state index contributed by atoms with van der Waals surface area (Å²) in [6.07, 6.45) is 0. The quantitative estimate of drug-likeness (QED) is 0.735. The first-order valence-electron chi connectivity index (χ1n) is 4.41. The average molecular weight is 243 g/mol. The lowest BCUT2D eigenvalue weighted by molar-refractivity contribution is -0.255. The van der Waals surface area contributed by atoms with Crippen molar-refractivity contribution in [2.75, 3.05) is 5.73 Å². The van der Waals surface area contributed by atoms with Crippen molar-refractivity contribution in [1.29, 1.82) is 0 Å². The number of nitrogen functional groups attached to an aromatic ring is 1. The van der Waals surface area contributed by atoms with Gasteiger partial charge < -0.3 is 20.4 Å². The second-order valence-electron chi connectivity index (χ2n) is 4.02. The average Bonchev–Trinajstić information content (AvgIpc) is 2.44. The number of thiazole rings is 1. The molecule has 0 bridgehead atoms. The van der Waals surface area contributed by atoms with Crippen LogP contribution in [-0.2, 0) is 4.74 Å². The summed E-state index contributed by atoms with van der Waals surface area (Å²) in [4.78, 5) is 25.6. The van der Waals surface area contributed by atoms with E-state index in [-0.39, 0.29) is 10.0 Å². The normalized spacial score (nSPS) is 11.2. The van der Waals surface area contributed by atoms with Crippen molar-refractivity contribution in [3.63, 3.8) is 0 Å². The van der Waals surface area contributed by atoms with Crippen molar-refractivity contribution >= 4 is 28.3 Å². The molecule has 0 spiro atoms. The van der Waals surface area contributed by atoms with E-state index >= 15 is 0 Å². The molecule has 88 valence electrons. The van der Waals surface area contributed by atoms with Gasteiger partial charge in [-0.3, -0.25) is 0 Å². The molecular weight excluding hydrogens is 232 g/mol. The van der Waals surface area contributed by atoms with Crippen LogP contribution in [0.4, 0.5) is 5.00 Å². The van der Waals surface area contributed by atoms with Crippen LogP contribution < -0.4 is 10.8 Å². The molecule has 0 atom stereocenters. The van der Waals surface area contributed by atoms with E-state index in [9.17, 15) is 14.7 Å². The zero-order valence-corrected chi connectivity index (χ0v) is 9.88. The maximum absolute atomic E-state index is 11.5. The summed E-state index contributed by atoms with van der Waals surface area (Å²) in [7, 11) is 0. The number of aromatic nitrogens is 1. The molecule has 0 fully saturated rings. The second-order valence-corrected chi connectivity index (χ2v) is 5.05. The molecule has 0 aromatic carbocycles. The van der Waals surface area contributed by atoms with Crippen molar-refractivity contribution < 1.29 is 19.4 Å². The third kappa shape index (κ3) is 2.93. The standard InChI is InChI=1S/C9H12N2O4S/c1-9(2,3)15-8(14)6-11-4(7(12)13)5(10)16-6/h10H2,1-3H3,(H,12,13)/p-1. The molecule has 1 aromatic rings. The number of nitrogens with two attached hydrogens (primary N) is 1. The maximum Gasteiger partial charge on any atom is 0.368 e. The Morgan fingerprint density at radius 1 is 1.44 bits per heavy atom. The molecular formula is C9H11N2O4S-. The summed E-state index contributed by atoms with van der Waals surface area (Å²) in [5, 5.41) is 10.4. The highest BCUT2D eigenvalue weighted by Crippen LogP contribution is 2.22. The molecule has 0 aliphatic carbocycles. The highest BCUT2D eigenvalue weighted by Gasteiger charge is 2.22. The number of esters is 1. The van der Waals surface area contributed by atoms with Crippen molar-refractivity contribution in [3.05, 3.63) is 10.7 Å². The third-order valence-electron chi connectivity index (χ3n) is 1.42. The lowest BCUT2D eigenvalue weighted by Gasteiger charge is -2.18. The molecule has 1 rings (SSSR count). The number of hydrogen-bond acceptors (Lipinski definition) is 7. The van der Waals surface area contributed by atoms with Gasteiger partial charge in [-0.15, -0.1) is 0 Å². The first-order valence-corrected chi connectivity index (χ1v) is 5.23. The molecule has 0 radical (unpaired) electrons. The van der Waals surface area contributed by atoms with Crippen molar-refractivity contribution in [1.82, 2.24) is 4.98 Å². The Bertz CT molecular complexity index is 433. The Labute approximate surface area is 96.1 Å². The molecule has 16 heavy (non-hydrogen) atoms. The molecule has 0 aliphatic heterocycles. The number of aromatic carboxylic acids is 1. The predicted molar refractivity (Wildman–Crippen MR) is 56.0 cm³/mol. The molecule has 7 heteroatoms. The smallest absolute Gasteiger partial charge is 0.368 e. The minimum absolute atomic E-state index is 0.0686. The van der Waals surface area contributed by atoms with Crippen LogP contribution in [0.5, 0.6) is 0 Å².